The standard InChI is InChI=1S/C17H22O3/c1-14-8-9-17(15(13-14)5-2-10-18)20-12-4-7-16-6-3-11-19-16/h8-9,13,16,18H,3-4,6-7,10-12H2,1H3. The Balaban J connectivity index is 1.84. The Labute approximate surface area is 120 Å². The average molecular weight is 274 g/mol. The molecule has 1 heterocycles. The molecule has 20 heavy (non-hydrogen) atoms. The van der Waals surface area contributed by atoms with Gasteiger partial charge in [0.15, 0.2) is 0 Å². The molecule has 108 valence electrons. The van der Waals surface area contributed by atoms with E-state index in [4.69, 9.17) is 14.6 Å². The van der Waals surface area contributed by atoms with Crippen molar-refractivity contribution in [1.29, 1.82) is 0 Å². The largest absolute Gasteiger partial charge is 0.492 e. The zero-order chi connectivity index (χ0) is 14.2. The van der Waals surface area contributed by atoms with Crippen LogP contribution in [0.15, 0.2) is 18.2 Å². The van der Waals surface area contributed by atoms with Crippen molar-refractivity contribution in [2.75, 3.05) is 19.8 Å². The lowest BCUT2D eigenvalue weighted by molar-refractivity contribution is 0.0981. The molecule has 0 bridgehead atoms. The van der Waals surface area contributed by atoms with Crippen LogP contribution in [0.3, 0.4) is 0 Å². The van der Waals surface area contributed by atoms with Crippen LogP contribution in [-0.4, -0.2) is 31.0 Å². The van der Waals surface area contributed by atoms with Crippen LogP contribution in [-0.2, 0) is 4.74 Å². The van der Waals surface area contributed by atoms with Crippen molar-refractivity contribution < 1.29 is 14.6 Å². The fourth-order valence-electron chi connectivity index (χ4n) is 2.37. The molecule has 0 aliphatic carbocycles. The number of benzene rings is 1. The maximum absolute atomic E-state index is 8.79. The van der Waals surface area contributed by atoms with E-state index in [2.05, 4.69) is 11.8 Å². The van der Waals surface area contributed by atoms with Crippen LogP contribution in [0.2, 0.25) is 0 Å². The fourth-order valence-corrected chi connectivity index (χ4v) is 2.37. The van der Waals surface area contributed by atoms with E-state index in [1.54, 1.807) is 0 Å². The van der Waals surface area contributed by atoms with Crippen molar-refractivity contribution in [2.24, 2.45) is 0 Å². The van der Waals surface area contributed by atoms with Gasteiger partial charge in [0.1, 0.15) is 12.4 Å². The molecule has 1 aromatic carbocycles. The van der Waals surface area contributed by atoms with Crippen LogP contribution in [0.1, 0.15) is 36.8 Å². The predicted octanol–water partition coefficient (Wildman–Crippen LogP) is 2.68. The molecular weight excluding hydrogens is 252 g/mol. The number of hydrogen-bond donors (Lipinski definition) is 1. The van der Waals surface area contributed by atoms with Crippen LogP contribution in [0.25, 0.3) is 0 Å². The Hall–Kier alpha value is -1.50. The number of ether oxygens (including phenoxy) is 2. The molecule has 0 amide bonds. The van der Waals surface area contributed by atoms with E-state index in [-0.39, 0.29) is 6.61 Å². The van der Waals surface area contributed by atoms with Crippen molar-refractivity contribution in [3.8, 4) is 17.6 Å². The second kappa shape index (κ2) is 7.94. The highest BCUT2D eigenvalue weighted by molar-refractivity contribution is 5.48. The molecule has 1 fully saturated rings. The Morgan fingerprint density at radius 2 is 2.35 bits per heavy atom. The van der Waals surface area contributed by atoms with Gasteiger partial charge in [-0.2, -0.15) is 0 Å². The third-order valence-electron chi connectivity index (χ3n) is 3.39. The van der Waals surface area contributed by atoms with Crippen molar-refractivity contribution in [1.82, 2.24) is 0 Å². The summed E-state index contributed by atoms with van der Waals surface area (Å²) in [7, 11) is 0. The molecule has 0 aromatic heterocycles. The summed E-state index contributed by atoms with van der Waals surface area (Å²) < 4.78 is 11.4. The van der Waals surface area contributed by atoms with Crippen LogP contribution in [0.4, 0.5) is 0 Å². The zero-order valence-corrected chi connectivity index (χ0v) is 12.0. The summed E-state index contributed by atoms with van der Waals surface area (Å²) in [5, 5.41) is 8.79. The molecule has 1 N–H and O–H groups in total. The summed E-state index contributed by atoms with van der Waals surface area (Å²) >= 11 is 0. The fraction of sp³-hybridized carbons (Fsp3) is 0.529. The van der Waals surface area contributed by atoms with Gasteiger partial charge in [0.25, 0.3) is 0 Å². The Bertz CT molecular complexity index is 479. The lowest BCUT2D eigenvalue weighted by atomic mass is 10.1. The Morgan fingerprint density at radius 3 is 3.10 bits per heavy atom. The van der Waals surface area contributed by atoms with E-state index in [1.807, 2.05) is 25.1 Å². The van der Waals surface area contributed by atoms with Crippen molar-refractivity contribution in [3.63, 3.8) is 0 Å². The first-order valence-corrected chi connectivity index (χ1v) is 7.24. The third kappa shape index (κ3) is 4.56. The van der Waals surface area contributed by atoms with E-state index < -0.39 is 0 Å². The number of aliphatic hydroxyl groups excluding tert-OH is 1. The van der Waals surface area contributed by atoms with Crippen molar-refractivity contribution in [3.05, 3.63) is 29.3 Å². The average Bonchev–Trinajstić information content (AvgIpc) is 2.96. The van der Waals surface area contributed by atoms with Crippen molar-refractivity contribution >= 4 is 0 Å². The van der Waals surface area contributed by atoms with E-state index in [9.17, 15) is 0 Å². The van der Waals surface area contributed by atoms with Gasteiger partial charge in [-0.1, -0.05) is 17.9 Å². The number of hydrogen-bond acceptors (Lipinski definition) is 3. The summed E-state index contributed by atoms with van der Waals surface area (Å²) in [6.07, 6.45) is 4.84. The van der Waals surface area contributed by atoms with Gasteiger partial charge in [0.05, 0.1) is 18.3 Å². The number of aryl methyl sites for hydroxylation is 1. The molecule has 1 atom stereocenters. The molecule has 3 nitrogen and oxygen atoms in total. The lowest BCUT2D eigenvalue weighted by Gasteiger charge is -2.11. The van der Waals surface area contributed by atoms with E-state index in [0.717, 1.165) is 36.3 Å². The van der Waals surface area contributed by atoms with Gasteiger partial charge in [0.2, 0.25) is 0 Å². The van der Waals surface area contributed by atoms with Gasteiger partial charge >= 0.3 is 0 Å². The minimum atomic E-state index is -0.133. The zero-order valence-electron chi connectivity index (χ0n) is 12.0. The Kier molecular flexibility index (Phi) is 5.91. The van der Waals surface area contributed by atoms with Gasteiger partial charge in [-0.25, -0.2) is 0 Å². The monoisotopic (exact) mass is 274 g/mol. The molecule has 1 unspecified atom stereocenters. The summed E-state index contributed by atoms with van der Waals surface area (Å²) in [5.74, 6) is 6.40. The van der Waals surface area contributed by atoms with Gasteiger partial charge in [-0.05, 0) is 50.3 Å². The van der Waals surface area contributed by atoms with Crippen LogP contribution < -0.4 is 4.74 Å². The van der Waals surface area contributed by atoms with Crippen LogP contribution >= 0.6 is 0 Å². The summed E-state index contributed by atoms with van der Waals surface area (Å²) in [4.78, 5) is 0. The van der Waals surface area contributed by atoms with Gasteiger partial charge in [-0.15, -0.1) is 0 Å². The topological polar surface area (TPSA) is 38.7 Å². The summed E-state index contributed by atoms with van der Waals surface area (Å²) in [5.41, 5.74) is 1.98. The van der Waals surface area contributed by atoms with Crippen LogP contribution in [0, 0.1) is 18.8 Å². The molecule has 1 aliphatic rings. The van der Waals surface area contributed by atoms with Crippen LogP contribution in [0.5, 0.6) is 5.75 Å². The van der Waals surface area contributed by atoms with Crippen molar-refractivity contribution in [2.45, 2.75) is 38.7 Å². The van der Waals surface area contributed by atoms with E-state index >= 15 is 0 Å². The maximum Gasteiger partial charge on any atom is 0.134 e. The normalized spacial score (nSPS) is 17.6. The van der Waals surface area contributed by atoms with E-state index in [1.165, 1.54) is 12.8 Å². The molecule has 0 spiro atoms. The summed E-state index contributed by atoms with van der Waals surface area (Å²) in [6.45, 7) is 3.47. The first kappa shape index (κ1) is 14.9. The van der Waals surface area contributed by atoms with Gasteiger partial charge in [-0.3, -0.25) is 0 Å². The molecule has 2 rings (SSSR count). The van der Waals surface area contributed by atoms with E-state index in [0.29, 0.717) is 12.7 Å². The number of rotatable bonds is 5. The maximum atomic E-state index is 8.79. The highest BCUT2D eigenvalue weighted by Crippen LogP contribution is 2.21. The van der Waals surface area contributed by atoms with Gasteiger partial charge in [0, 0.05) is 6.61 Å². The molecule has 3 heteroatoms. The first-order valence-electron chi connectivity index (χ1n) is 7.24. The minimum Gasteiger partial charge on any atom is -0.492 e. The highest BCUT2D eigenvalue weighted by atomic mass is 16.5. The smallest absolute Gasteiger partial charge is 0.134 e. The SMILES string of the molecule is Cc1ccc(OCCCC2CCCO2)c(C#CCO)c1. The second-order valence-electron chi connectivity index (χ2n) is 5.09. The molecule has 1 aromatic rings. The first-order chi connectivity index (χ1) is 9.79. The quantitative estimate of drug-likeness (QED) is 0.663. The Morgan fingerprint density at radius 1 is 1.45 bits per heavy atom. The molecule has 0 radical (unpaired) electrons. The highest BCUT2D eigenvalue weighted by Gasteiger charge is 2.14. The minimum absolute atomic E-state index is 0.133. The predicted molar refractivity (Wildman–Crippen MR) is 78.8 cm³/mol. The molecule has 1 aliphatic heterocycles. The number of aliphatic hydroxyl groups is 1. The summed E-state index contributed by atoms with van der Waals surface area (Å²) in [6, 6.07) is 5.94. The molecular formula is C17H22O3. The van der Waals surface area contributed by atoms with Gasteiger partial charge < -0.3 is 14.6 Å². The molecule has 0 saturated carbocycles. The second-order valence-corrected chi connectivity index (χ2v) is 5.09. The lowest BCUT2D eigenvalue weighted by Crippen LogP contribution is -2.08. The third-order valence-corrected chi connectivity index (χ3v) is 3.39. The molecule has 1 saturated heterocycles.